The van der Waals surface area contributed by atoms with Gasteiger partial charge >= 0.3 is 0 Å². The number of amidine groups is 1. The molecule has 1 unspecified atom stereocenters. The zero-order valence-corrected chi connectivity index (χ0v) is 9.82. The molecule has 1 fully saturated rings. The number of nitrogens with one attached hydrogen (secondary N) is 1. The number of ether oxygens (including phenoxy) is 1. The number of nitrogens with two attached hydrogens (primary N) is 1. The number of oxime groups is 1. The first-order chi connectivity index (χ1) is 7.83. The Morgan fingerprint density at radius 3 is 3.00 bits per heavy atom. The van der Waals surface area contributed by atoms with E-state index >= 15 is 0 Å². The van der Waals surface area contributed by atoms with Crippen molar-refractivity contribution < 1.29 is 9.94 Å². The van der Waals surface area contributed by atoms with Crippen LogP contribution >= 0.6 is 0 Å². The number of unbranched alkanes of at least 4 members (excludes halogenated alkanes) is 1. The summed E-state index contributed by atoms with van der Waals surface area (Å²) in [6, 6.07) is 0. The van der Waals surface area contributed by atoms with Crippen molar-refractivity contribution in [3.8, 4) is 0 Å². The molecule has 94 valence electrons. The highest BCUT2D eigenvalue weighted by Crippen LogP contribution is 2.14. The predicted molar refractivity (Wildman–Crippen MR) is 63.7 cm³/mol. The summed E-state index contributed by atoms with van der Waals surface area (Å²) in [4.78, 5) is 0. The highest BCUT2D eigenvalue weighted by molar-refractivity contribution is 5.79. The van der Waals surface area contributed by atoms with E-state index in [2.05, 4.69) is 10.5 Å². The van der Waals surface area contributed by atoms with E-state index in [0.717, 1.165) is 39.0 Å². The van der Waals surface area contributed by atoms with Gasteiger partial charge in [-0.3, -0.25) is 0 Å². The van der Waals surface area contributed by atoms with E-state index in [1.54, 1.807) is 0 Å². The topological polar surface area (TPSA) is 79.9 Å². The minimum atomic E-state index is 0.319. The fourth-order valence-corrected chi connectivity index (χ4v) is 1.87. The monoisotopic (exact) mass is 229 g/mol. The second kappa shape index (κ2) is 8.35. The zero-order chi connectivity index (χ0) is 11.6. The maximum Gasteiger partial charge on any atom is 0.139 e. The Morgan fingerprint density at radius 1 is 1.44 bits per heavy atom. The highest BCUT2D eigenvalue weighted by atomic mass is 16.5. The van der Waals surface area contributed by atoms with Crippen molar-refractivity contribution in [1.29, 1.82) is 0 Å². The quantitative estimate of drug-likeness (QED) is 0.191. The molecular formula is C11H23N3O2. The van der Waals surface area contributed by atoms with Crippen LogP contribution in [-0.4, -0.2) is 36.8 Å². The van der Waals surface area contributed by atoms with Gasteiger partial charge in [-0.25, -0.2) is 0 Å². The molecule has 1 rings (SSSR count). The molecule has 1 heterocycles. The van der Waals surface area contributed by atoms with Crippen molar-refractivity contribution in [2.45, 2.75) is 44.6 Å². The highest BCUT2D eigenvalue weighted by Gasteiger charge is 2.13. The predicted octanol–water partition coefficient (Wildman–Crippen LogP) is 1.06. The van der Waals surface area contributed by atoms with Crippen LogP contribution < -0.4 is 11.1 Å². The van der Waals surface area contributed by atoms with Crippen molar-refractivity contribution in [2.24, 2.45) is 10.9 Å². The Bertz CT molecular complexity index is 203. The summed E-state index contributed by atoms with van der Waals surface area (Å²) >= 11 is 0. The van der Waals surface area contributed by atoms with Gasteiger partial charge in [-0.2, -0.15) is 0 Å². The Morgan fingerprint density at radius 2 is 2.31 bits per heavy atom. The van der Waals surface area contributed by atoms with Gasteiger partial charge in [0.05, 0.1) is 6.10 Å². The molecule has 1 aliphatic rings. The molecule has 0 aromatic heterocycles. The van der Waals surface area contributed by atoms with Gasteiger partial charge in [-0.15, -0.1) is 0 Å². The van der Waals surface area contributed by atoms with E-state index < -0.39 is 0 Å². The summed E-state index contributed by atoms with van der Waals surface area (Å²) in [5, 5.41) is 14.6. The fraction of sp³-hybridized carbons (Fsp3) is 0.909. The molecule has 0 saturated carbocycles. The third-order valence-electron chi connectivity index (χ3n) is 2.83. The maximum absolute atomic E-state index is 8.33. The summed E-state index contributed by atoms with van der Waals surface area (Å²) in [7, 11) is 0. The Balaban J connectivity index is 1.81. The molecule has 4 N–H and O–H groups in total. The molecule has 5 heteroatoms. The lowest BCUT2D eigenvalue weighted by molar-refractivity contribution is 0.104. The first-order valence-corrected chi connectivity index (χ1v) is 6.11. The molecular weight excluding hydrogens is 206 g/mol. The van der Waals surface area contributed by atoms with Crippen LogP contribution in [0.15, 0.2) is 5.16 Å². The van der Waals surface area contributed by atoms with E-state index in [9.17, 15) is 0 Å². The fourth-order valence-electron chi connectivity index (χ4n) is 1.87. The molecule has 1 aliphatic heterocycles. The molecule has 0 aromatic rings. The van der Waals surface area contributed by atoms with E-state index in [-0.39, 0.29) is 0 Å². The average molecular weight is 229 g/mol. The average Bonchev–Trinajstić information content (AvgIpc) is 2.80. The van der Waals surface area contributed by atoms with Crippen LogP contribution in [0.5, 0.6) is 0 Å². The molecule has 0 amide bonds. The summed E-state index contributed by atoms with van der Waals surface area (Å²) < 4.78 is 5.53. The molecule has 5 nitrogen and oxygen atoms in total. The third kappa shape index (κ3) is 5.92. The normalized spacial score (nSPS) is 21.5. The zero-order valence-electron chi connectivity index (χ0n) is 9.82. The van der Waals surface area contributed by atoms with Gasteiger partial charge in [0.25, 0.3) is 0 Å². The van der Waals surface area contributed by atoms with E-state index in [0.29, 0.717) is 18.4 Å². The molecule has 0 aliphatic carbocycles. The Labute approximate surface area is 97.0 Å². The smallest absolute Gasteiger partial charge is 0.139 e. The summed E-state index contributed by atoms with van der Waals surface area (Å²) in [6.45, 7) is 2.95. The lowest BCUT2D eigenvalue weighted by Gasteiger charge is -2.09. The van der Waals surface area contributed by atoms with Gasteiger partial charge in [-0.1, -0.05) is 5.16 Å². The van der Waals surface area contributed by atoms with Gasteiger partial charge in [0.15, 0.2) is 0 Å². The van der Waals surface area contributed by atoms with Crippen LogP contribution in [0.4, 0.5) is 0 Å². The summed E-state index contributed by atoms with van der Waals surface area (Å²) in [5.41, 5.74) is 5.36. The van der Waals surface area contributed by atoms with Crippen LogP contribution in [0, 0.1) is 0 Å². The van der Waals surface area contributed by atoms with Crippen LogP contribution in [0.25, 0.3) is 0 Å². The molecule has 0 bridgehead atoms. The Kier molecular flexibility index (Phi) is 6.92. The van der Waals surface area contributed by atoms with Crippen molar-refractivity contribution in [1.82, 2.24) is 5.32 Å². The van der Waals surface area contributed by atoms with Crippen molar-refractivity contribution in [3.63, 3.8) is 0 Å². The van der Waals surface area contributed by atoms with Gasteiger partial charge < -0.3 is 21.0 Å². The summed E-state index contributed by atoms with van der Waals surface area (Å²) in [6.07, 6.45) is 6.70. The number of rotatable bonds is 8. The number of hydrogen-bond acceptors (Lipinski definition) is 4. The van der Waals surface area contributed by atoms with Crippen LogP contribution in [0.1, 0.15) is 38.5 Å². The molecule has 0 radical (unpaired) electrons. The summed E-state index contributed by atoms with van der Waals surface area (Å²) in [5.74, 6) is 0.319. The van der Waals surface area contributed by atoms with Crippen LogP contribution in [0.2, 0.25) is 0 Å². The molecule has 1 atom stereocenters. The number of nitrogens with zero attached hydrogens (tertiary/aromatic N) is 1. The minimum absolute atomic E-state index is 0.319. The molecule has 0 aromatic carbocycles. The first kappa shape index (κ1) is 13.3. The van der Waals surface area contributed by atoms with Crippen molar-refractivity contribution in [3.05, 3.63) is 0 Å². The molecule has 16 heavy (non-hydrogen) atoms. The maximum atomic E-state index is 8.33. The van der Waals surface area contributed by atoms with Gasteiger partial charge in [0, 0.05) is 13.0 Å². The molecule has 0 spiro atoms. The minimum Gasteiger partial charge on any atom is -0.409 e. The van der Waals surface area contributed by atoms with Crippen LogP contribution in [0.3, 0.4) is 0 Å². The van der Waals surface area contributed by atoms with E-state index in [1.165, 1.54) is 12.8 Å². The second-order valence-electron chi connectivity index (χ2n) is 4.22. The van der Waals surface area contributed by atoms with E-state index in [1.807, 2.05) is 0 Å². The lowest BCUT2D eigenvalue weighted by Crippen LogP contribution is -2.21. The lowest BCUT2D eigenvalue weighted by atomic mass is 10.2. The Hall–Kier alpha value is -0.810. The largest absolute Gasteiger partial charge is 0.409 e. The standard InChI is InChI=1S/C11H23N3O2/c12-11(14-15)5-1-2-7-13-8-6-10-4-3-9-16-10/h10,13,15H,1-9H2,(H2,12,14). The van der Waals surface area contributed by atoms with E-state index in [4.69, 9.17) is 15.7 Å². The van der Waals surface area contributed by atoms with Crippen molar-refractivity contribution in [2.75, 3.05) is 19.7 Å². The number of hydrogen-bond donors (Lipinski definition) is 3. The van der Waals surface area contributed by atoms with Gasteiger partial charge in [0.1, 0.15) is 5.84 Å². The van der Waals surface area contributed by atoms with Crippen molar-refractivity contribution >= 4 is 5.84 Å². The molecule has 1 saturated heterocycles. The van der Waals surface area contributed by atoms with Crippen LogP contribution in [-0.2, 0) is 4.74 Å². The SMILES string of the molecule is NC(CCCCNCCC1CCCO1)=NO. The van der Waals surface area contributed by atoms with Gasteiger partial charge in [-0.05, 0) is 45.2 Å². The second-order valence-corrected chi connectivity index (χ2v) is 4.22. The third-order valence-corrected chi connectivity index (χ3v) is 2.83. The van der Waals surface area contributed by atoms with Gasteiger partial charge in [0.2, 0.25) is 0 Å². The first-order valence-electron chi connectivity index (χ1n) is 6.11.